The van der Waals surface area contributed by atoms with Gasteiger partial charge in [-0.1, -0.05) is 29.8 Å². The molecule has 1 amide bonds. The third-order valence-electron chi connectivity index (χ3n) is 3.84. The average molecular weight is 282 g/mol. The zero-order chi connectivity index (χ0) is 13.7. The molecule has 0 radical (unpaired) electrons. The van der Waals surface area contributed by atoms with Gasteiger partial charge in [-0.3, -0.25) is 4.79 Å². The molecule has 1 aliphatic rings. The number of carbonyl (C=O) groups is 1. The molecule has 1 aromatic carbocycles. The van der Waals surface area contributed by atoms with Crippen molar-refractivity contribution in [1.29, 1.82) is 0 Å². The molecule has 0 aliphatic heterocycles. The monoisotopic (exact) mass is 281 g/mol. The lowest BCUT2D eigenvalue weighted by Crippen LogP contribution is -2.30. The van der Waals surface area contributed by atoms with Gasteiger partial charge in [0.25, 0.3) is 0 Å². The standard InChI is InChI=1S/C15H20ClNO2/c16-13-4-2-1-3-12(13)5-6-14(19)17-11-15(7-8-15)9-10-18/h1-4,18H,5-11H2,(H,17,19). The molecule has 0 bridgehead atoms. The molecule has 2 rings (SSSR count). The van der Waals surface area contributed by atoms with Gasteiger partial charge in [-0.2, -0.15) is 0 Å². The van der Waals surface area contributed by atoms with Crippen LogP contribution >= 0.6 is 11.6 Å². The summed E-state index contributed by atoms with van der Waals surface area (Å²) in [4.78, 5) is 11.8. The maximum atomic E-state index is 11.8. The first-order chi connectivity index (χ1) is 9.15. The van der Waals surface area contributed by atoms with E-state index in [0.29, 0.717) is 24.4 Å². The van der Waals surface area contributed by atoms with Crippen LogP contribution in [0.2, 0.25) is 5.02 Å². The van der Waals surface area contributed by atoms with Crippen LogP contribution in [0.5, 0.6) is 0 Å². The van der Waals surface area contributed by atoms with Crippen LogP contribution in [0.3, 0.4) is 0 Å². The number of aliphatic hydroxyl groups is 1. The van der Waals surface area contributed by atoms with E-state index in [2.05, 4.69) is 5.32 Å². The average Bonchev–Trinajstić information content (AvgIpc) is 3.16. The molecule has 0 saturated heterocycles. The highest BCUT2D eigenvalue weighted by Gasteiger charge is 2.41. The first-order valence-corrected chi connectivity index (χ1v) is 7.14. The molecule has 1 fully saturated rings. The van der Waals surface area contributed by atoms with E-state index in [9.17, 15) is 4.79 Å². The van der Waals surface area contributed by atoms with Crippen LogP contribution in [0.1, 0.15) is 31.2 Å². The Bertz CT molecular complexity index is 444. The van der Waals surface area contributed by atoms with Crippen LogP contribution in [0.25, 0.3) is 0 Å². The molecule has 1 aliphatic carbocycles. The van der Waals surface area contributed by atoms with Crippen LogP contribution in [-0.2, 0) is 11.2 Å². The Hall–Kier alpha value is -1.06. The summed E-state index contributed by atoms with van der Waals surface area (Å²) >= 11 is 6.05. The molecule has 0 spiro atoms. The van der Waals surface area contributed by atoms with Gasteiger partial charge in [0.1, 0.15) is 0 Å². The SMILES string of the molecule is O=C(CCc1ccccc1Cl)NCC1(CCO)CC1. The predicted molar refractivity (Wildman–Crippen MR) is 76.2 cm³/mol. The Balaban J connectivity index is 1.72. The molecular weight excluding hydrogens is 262 g/mol. The van der Waals surface area contributed by atoms with Crippen molar-refractivity contribution in [3.8, 4) is 0 Å². The summed E-state index contributed by atoms with van der Waals surface area (Å²) in [5.74, 6) is 0.0594. The minimum atomic E-state index is 0.0594. The third-order valence-corrected chi connectivity index (χ3v) is 4.21. The molecular formula is C15H20ClNO2. The number of halogens is 1. The van der Waals surface area contributed by atoms with Gasteiger partial charge in [0.2, 0.25) is 5.91 Å². The number of aryl methyl sites for hydroxylation is 1. The topological polar surface area (TPSA) is 49.3 Å². The Morgan fingerprint density at radius 2 is 2.11 bits per heavy atom. The van der Waals surface area contributed by atoms with E-state index in [4.69, 9.17) is 16.7 Å². The fourth-order valence-corrected chi connectivity index (χ4v) is 2.48. The minimum Gasteiger partial charge on any atom is -0.396 e. The predicted octanol–water partition coefficient (Wildman–Crippen LogP) is 2.55. The number of hydrogen-bond acceptors (Lipinski definition) is 2. The molecule has 0 unspecified atom stereocenters. The summed E-state index contributed by atoms with van der Waals surface area (Å²) in [7, 11) is 0. The Morgan fingerprint density at radius 1 is 1.37 bits per heavy atom. The normalized spacial score (nSPS) is 16.1. The van der Waals surface area contributed by atoms with Crippen LogP contribution in [0.15, 0.2) is 24.3 Å². The first-order valence-electron chi connectivity index (χ1n) is 6.76. The molecule has 3 nitrogen and oxygen atoms in total. The third kappa shape index (κ3) is 4.22. The van der Waals surface area contributed by atoms with Crippen molar-refractivity contribution in [3.05, 3.63) is 34.9 Å². The second-order valence-electron chi connectivity index (χ2n) is 5.34. The largest absolute Gasteiger partial charge is 0.396 e. The van der Waals surface area contributed by atoms with Crippen molar-refractivity contribution in [2.75, 3.05) is 13.2 Å². The molecule has 0 atom stereocenters. The Morgan fingerprint density at radius 3 is 2.74 bits per heavy atom. The van der Waals surface area contributed by atoms with Crippen LogP contribution in [-0.4, -0.2) is 24.2 Å². The highest BCUT2D eigenvalue weighted by Crippen LogP contribution is 2.47. The summed E-state index contributed by atoms with van der Waals surface area (Å²) in [5, 5.41) is 12.6. The summed E-state index contributed by atoms with van der Waals surface area (Å²) in [6, 6.07) is 7.61. The number of nitrogens with one attached hydrogen (secondary N) is 1. The maximum absolute atomic E-state index is 11.8. The minimum absolute atomic E-state index is 0.0594. The van der Waals surface area contributed by atoms with Crippen LogP contribution < -0.4 is 5.32 Å². The van der Waals surface area contributed by atoms with E-state index in [1.165, 1.54) is 0 Å². The molecule has 19 heavy (non-hydrogen) atoms. The zero-order valence-electron chi connectivity index (χ0n) is 11.0. The van der Waals surface area contributed by atoms with Gasteiger partial charge < -0.3 is 10.4 Å². The zero-order valence-corrected chi connectivity index (χ0v) is 11.7. The van der Waals surface area contributed by atoms with Gasteiger partial charge in [0.15, 0.2) is 0 Å². The number of aliphatic hydroxyl groups excluding tert-OH is 1. The highest BCUT2D eigenvalue weighted by molar-refractivity contribution is 6.31. The number of rotatable bonds is 7. The van der Waals surface area contributed by atoms with E-state index >= 15 is 0 Å². The molecule has 1 saturated carbocycles. The second-order valence-corrected chi connectivity index (χ2v) is 5.75. The van der Waals surface area contributed by atoms with Crippen molar-refractivity contribution in [2.24, 2.45) is 5.41 Å². The number of benzene rings is 1. The van der Waals surface area contributed by atoms with E-state index in [1.54, 1.807) is 0 Å². The van der Waals surface area contributed by atoms with Crippen molar-refractivity contribution >= 4 is 17.5 Å². The van der Waals surface area contributed by atoms with Gasteiger partial charge >= 0.3 is 0 Å². The van der Waals surface area contributed by atoms with Gasteiger partial charge in [-0.25, -0.2) is 0 Å². The lowest BCUT2D eigenvalue weighted by molar-refractivity contribution is -0.121. The molecule has 0 aromatic heterocycles. The van der Waals surface area contributed by atoms with E-state index in [0.717, 1.165) is 24.8 Å². The molecule has 0 heterocycles. The lowest BCUT2D eigenvalue weighted by atomic mass is 10.0. The number of hydrogen-bond donors (Lipinski definition) is 2. The van der Waals surface area contributed by atoms with Crippen molar-refractivity contribution in [1.82, 2.24) is 5.32 Å². The van der Waals surface area contributed by atoms with E-state index in [-0.39, 0.29) is 17.9 Å². The summed E-state index contributed by atoms with van der Waals surface area (Å²) < 4.78 is 0. The fourth-order valence-electron chi connectivity index (χ4n) is 2.25. The van der Waals surface area contributed by atoms with Gasteiger partial charge in [0.05, 0.1) is 0 Å². The first kappa shape index (κ1) is 14.4. The quantitative estimate of drug-likeness (QED) is 0.807. The van der Waals surface area contributed by atoms with Crippen LogP contribution in [0.4, 0.5) is 0 Å². The Labute approximate surface area is 119 Å². The maximum Gasteiger partial charge on any atom is 0.220 e. The van der Waals surface area contributed by atoms with Crippen LogP contribution in [0, 0.1) is 5.41 Å². The molecule has 104 valence electrons. The molecule has 2 N–H and O–H groups in total. The number of carbonyl (C=O) groups excluding carboxylic acids is 1. The van der Waals surface area contributed by atoms with Gasteiger partial charge in [-0.05, 0) is 42.7 Å². The number of amides is 1. The van der Waals surface area contributed by atoms with Gasteiger partial charge in [0, 0.05) is 24.6 Å². The molecule has 4 heteroatoms. The summed E-state index contributed by atoms with van der Waals surface area (Å²) in [5.41, 5.74) is 1.19. The summed E-state index contributed by atoms with van der Waals surface area (Å²) in [6.45, 7) is 0.893. The van der Waals surface area contributed by atoms with Gasteiger partial charge in [-0.15, -0.1) is 0 Å². The fraction of sp³-hybridized carbons (Fsp3) is 0.533. The Kier molecular flexibility index (Phi) is 4.83. The molecule has 1 aromatic rings. The lowest BCUT2D eigenvalue weighted by Gasteiger charge is -2.14. The van der Waals surface area contributed by atoms with Crippen molar-refractivity contribution in [3.63, 3.8) is 0 Å². The smallest absolute Gasteiger partial charge is 0.220 e. The van der Waals surface area contributed by atoms with Crippen molar-refractivity contribution in [2.45, 2.75) is 32.1 Å². The van der Waals surface area contributed by atoms with E-state index < -0.39 is 0 Å². The van der Waals surface area contributed by atoms with E-state index in [1.807, 2.05) is 24.3 Å². The second kappa shape index (κ2) is 6.40. The summed E-state index contributed by atoms with van der Waals surface area (Å²) in [6.07, 6.45) is 4.13. The highest BCUT2D eigenvalue weighted by atomic mass is 35.5. The van der Waals surface area contributed by atoms with Crippen molar-refractivity contribution < 1.29 is 9.90 Å².